The Morgan fingerprint density at radius 2 is 2.29 bits per heavy atom. The average Bonchev–Trinajstić information content (AvgIpc) is 2.71. The van der Waals surface area contributed by atoms with Gasteiger partial charge in [-0.05, 0) is 17.7 Å². The van der Waals surface area contributed by atoms with Gasteiger partial charge >= 0.3 is 0 Å². The summed E-state index contributed by atoms with van der Waals surface area (Å²) in [6.45, 7) is 0. The van der Waals surface area contributed by atoms with E-state index in [0.717, 1.165) is 5.69 Å². The zero-order valence-corrected chi connectivity index (χ0v) is 9.82. The van der Waals surface area contributed by atoms with Crippen LogP contribution in [0.15, 0.2) is 24.4 Å². The first-order chi connectivity index (χ1) is 8.13. The summed E-state index contributed by atoms with van der Waals surface area (Å²) in [7, 11) is 1.74. The van der Waals surface area contributed by atoms with Crippen molar-refractivity contribution in [1.82, 2.24) is 20.4 Å². The minimum absolute atomic E-state index is 0.0765. The third-order valence-corrected chi connectivity index (χ3v) is 2.80. The minimum atomic E-state index is -0.487. The fourth-order valence-electron chi connectivity index (χ4n) is 1.60. The molecule has 1 aromatic heterocycles. The molecule has 0 amide bonds. The van der Waals surface area contributed by atoms with Crippen LogP contribution in [-0.2, 0) is 7.05 Å². The zero-order valence-electron chi connectivity index (χ0n) is 9.06. The summed E-state index contributed by atoms with van der Waals surface area (Å²) in [4.78, 5) is 0. The number of nitrogens with two attached hydrogens (primary N) is 1. The highest BCUT2D eigenvalue weighted by molar-refractivity contribution is 6.30. The second-order valence-electron chi connectivity index (χ2n) is 3.56. The van der Waals surface area contributed by atoms with Crippen LogP contribution >= 0.6 is 11.6 Å². The molecule has 0 aliphatic rings. The Balaban J connectivity index is 2.42. The lowest BCUT2D eigenvalue weighted by atomic mass is 10.0. The predicted molar refractivity (Wildman–Crippen MR) is 61.6 cm³/mol. The van der Waals surface area contributed by atoms with Crippen LogP contribution in [-0.4, -0.2) is 15.0 Å². The number of halogens is 2. The van der Waals surface area contributed by atoms with E-state index in [1.807, 2.05) is 0 Å². The summed E-state index contributed by atoms with van der Waals surface area (Å²) in [5, 5.41) is 7.63. The number of rotatable bonds is 3. The molecule has 5 nitrogen and oxygen atoms in total. The molecule has 0 bridgehead atoms. The van der Waals surface area contributed by atoms with E-state index in [1.165, 1.54) is 12.1 Å². The Labute approximate surface area is 102 Å². The quantitative estimate of drug-likeness (QED) is 0.638. The van der Waals surface area contributed by atoms with E-state index in [2.05, 4.69) is 15.7 Å². The van der Waals surface area contributed by atoms with E-state index in [9.17, 15) is 4.39 Å². The van der Waals surface area contributed by atoms with Gasteiger partial charge in [-0.3, -0.25) is 10.5 Å². The van der Waals surface area contributed by atoms with Gasteiger partial charge in [-0.2, -0.15) is 0 Å². The first-order valence-corrected chi connectivity index (χ1v) is 5.27. The van der Waals surface area contributed by atoms with Gasteiger partial charge in [0.2, 0.25) is 0 Å². The molecular formula is C10H11ClFN5. The van der Waals surface area contributed by atoms with Gasteiger partial charge in [0.05, 0.1) is 23.0 Å². The highest BCUT2D eigenvalue weighted by Gasteiger charge is 2.17. The average molecular weight is 256 g/mol. The first-order valence-electron chi connectivity index (χ1n) is 4.89. The molecule has 2 rings (SSSR count). The number of hydrogen-bond donors (Lipinski definition) is 2. The van der Waals surface area contributed by atoms with Crippen LogP contribution in [0.1, 0.15) is 17.3 Å². The minimum Gasteiger partial charge on any atom is -0.271 e. The topological polar surface area (TPSA) is 68.8 Å². The fraction of sp³-hybridized carbons (Fsp3) is 0.200. The number of hydrazine groups is 1. The molecule has 90 valence electrons. The monoisotopic (exact) mass is 255 g/mol. The summed E-state index contributed by atoms with van der Waals surface area (Å²) in [6, 6.07) is 4.13. The van der Waals surface area contributed by atoms with Crippen molar-refractivity contribution < 1.29 is 4.39 Å². The lowest BCUT2D eigenvalue weighted by molar-refractivity contribution is 0.563. The van der Waals surface area contributed by atoms with Gasteiger partial charge in [-0.25, -0.2) is 9.82 Å². The number of aromatic nitrogens is 3. The van der Waals surface area contributed by atoms with Gasteiger partial charge in [-0.1, -0.05) is 22.9 Å². The lowest BCUT2D eigenvalue weighted by Crippen LogP contribution is -2.30. The number of hydrogen-bond acceptors (Lipinski definition) is 4. The molecule has 1 heterocycles. The van der Waals surface area contributed by atoms with Crippen molar-refractivity contribution in [3.8, 4) is 0 Å². The maximum absolute atomic E-state index is 13.4. The highest BCUT2D eigenvalue weighted by atomic mass is 35.5. The van der Waals surface area contributed by atoms with Crippen LogP contribution in [0, 0.1) is 5.82 Å². The van der Waals surface area contributed by atoms with Gasteiger partial charge in [0.15, 0.2) is 0 Å². The standard InChI is InChI=1S/C10H11ClFN5/c1-17-9(5-14-16-17)10(15-13)6-2-3-7(11)8(12)4-6/h2-5,10,15H,13H2,1H3. The maximum Gasteiger partial charge on any atom is 0.142 e. The van der Waals surface area contributed by atoms with Gasteiger partial charge in [0.1, 0.15) is 5.82 Å². The molecule has 0 aliphatic carbocycles. The van der Waals surface area contributed by atoms with E-state index < -0.39 is 5.82 Å². The summed E-state index contributed by atoms with van der Waals surface area (Å²) >= 11 is 5.63. The molecule has 17 heavy (non-hydrogen) atoms. The van der Waals surface area contributed by atoms with Gasteiger partial charge < -0.3 is 0 Å². The Bertz CT molecular complexity index is 527. The summed E-state index contributed by atoms with van der Waals surface area (Å²) in [6.07, 6.45) is 1.57. The summed E-state index contributed by atoms with van der Waals surface area (Å²) in [5.74, 6) is 4.99. The van der Waals surface area contributed by atoms with Crippen LogP contribution in [0.2, 0.25) is 5.02 Å². The van der Waals surface area contributed by atoms with Crippen molar-refractivity contribution in [1.29, 1.82) is 0 Å². The SMILES string of the molecule is Cn1nncc1C(NN)c1ccc(Cl)c(F)c1. The molecule has 0 radical (unpaired) electrons. The molecule has 1 atom stereocenters. The van der Waals surface area contributed by atoms with Crippen molar-refractivity contribution in [2.75, 3.05) is 0 Å². The van der Waals surface area contributed by atoms with E-state index in [-0.39, 0.29) is 11.1 Å². The number of nitrogens with zero attached hydrogens (tertiary/aromatic N) is 3. The Hall–Kier alpha value is -1.50. The van der Waals surface area contributed by atoms with Crippen LogP contribution in [0.25, 0.3) is 0 Å². The zero-order chi connectivity index (χ0) is 12.4. The Morgan fingerprint density at radius 1 is 1.53 bits per heavy atom. The molecule has 0 aliphatic heterocycles. The van der Waals surface area contributed by atoms with Crippen molar-refractivity contribution >= 4 is 11.6 Å². The molecule has 0 spiro atoms. The smallest absolute Gasteiger partial charge is 0.142 e. The van der Waals surface area contributed by atoms with Crippen LogP contribution in [0.5, 0.6) is 0 Å². The molecule has 2 aromatic rings. The molecular weight excluding hydrogens is 245 g/mol. The number of aryl methyl sites for hydroxylation is 1. The van der Waals surface area contributed by atoms with E-state index in [0.29, 0.717) is 5.56 Å². The second-order valence-corrected chi connectivity index (χ2v) is 3.96. The van der Waals surface area contributed by atoms with Crippen LogP contribution < -0.4 is 11.3 Å². The van der Waals surface area contributed by atoms with Crippen LogP contribution in [0.3, 0.4) is 0 Å². The number of benzene rings is 1. The predicted octanol–water partition coefficient (Wildman–Crippen LogP) is 1.16. The number of nitrogens with one attached hydrogen (secondary N) is 1. The largest absolute Gasteiger partial charge is 0.271 e. The molecule has 3 N–H and O–H groups in total. The highest BCUT2D eigenvalue weighted by Crippen LogP contribution is 2.23. The summed E-state index contributed by atoms with van der Waals surface area (Å²) in [5.41, 5.74) is 3.98. The first kappa shape index (κ1) is 12.0. The Kier molecular flexibility index (Phi) is 3.37. The van der Waals surface area contributed by atoms with E-state index in [4.69, 9.17) is 17.4 Å². The molecule has 1 aromatic carbocycles. The molecule has 7 heteroatoms. The Morgan fingerprint density at radius 3 is 2.82 bits per heavy atom. The molecule has 0 saturated carbocycles. The van der Waals surface area contributed by atoms with Gasteiger partial charge in [-0.15, -0.1) is 5.10 Å². The van der Waals surface area contributed by atoms with Crippen LogP contribution in [0.4, 0.5) is 4.39 Å². The fourth-order valence-corrected chi connectivity index (χ4v) is 1.72. The van der Waals surface area contributed by atoms with Gasteiger partial charge in [0, 0.05) is 7.05 Å². The van der Waals surface area contributed by atoms with Crippen molar-refractivity contribution in [2.24, 2.45) is 12.9 Å². The van der Waals surface area contributed by atoms with Crippen molar-refractivity contribution in [2.45, 2.75) is 6.04 Å². The normalized spacial score (nSPS) is 12.7. The van der Waals surface area contributed by atoms with Gasteiger partial charge in [0.25, 0.3) is 0 Å². The maximum atomic E-state index is 13.4. The molecule has 0 saturated heterocycles. The van der Waals surface area contributed by atoms with E-state index in [1.54, 1.807) is 24.0 Å². The lowest BCUT2D eigenvalue weighted by Gasteiger charge is -2.16. The second kappa shape index (κ2) is 4.79. The van der Waals surface area contributed by atoms with Crippen molar-refractivity contribution in [3.63, 3.8) is 0 Å². The molecule has 1 unspecified atom stereocenters. The summed E-state index contributed by atoms with van der Waals surface area (Å²) < 4.78 is 14.9. The van der Waals surface area contributed by atoms with E-state index >= 15 is 0 Å². The van der Waals surface area contributed by atoms with Crippen molar-refractivity contribution in [3.05, 3.63) is 46.5 Å². The third-order valence-electron chi connectivity index (χ3n) is 2.49. The third kappa shape index (κ3) is 2.28. The molecule has 0 fully saturated rings.